The molecule has 1 aromatic heterocycles. The van der Waals surface area contributed by atoms with Crippen LogP contribution < -0.4 is 15.4 Å². The first kappa shape index (κ1) is 10.8. The minimum absolute atomic E-state index is 0.622. The van der Waals surface area contributed by atoms with Crippen LogP contribution >= 0.6 is 0 Å². The molecule has 0 aliphatic heterocycles. The average Bonchev–Trinajstić information content (AvgIpc) is 2.19. The molecule has 0 aromatic carbocycles. The molecule has 0 amide bonds. The standard InChI is InChI=1S/C10H17N3O/c1-3-14-10-6-4-5-9(12-10)13(2)8-7-11/h4-6H,3,7-8,11H2,1-2H3. The van der Waals surface area contributed by atoms with Gasteiger partial charge < -0.3 is 15.4 Å². The molecule has 0 saturated carbocycles. The summed E-state index contributed by atoms with van der Waals surface area (Å²) < 4.78 is 5.31. The van der Waals surface area contributed by atoms with Crippen molar-refractivity contribution in [2.24, 2.45) is 5.73 Å². The number of ether oxygens (including phenoxy) is 1. The summed E-state index contributed by atoms with van der Waals surface area (Å²) in [5.74, 6) is 1.55. The van der Waals surface area contributed by atoms with Gasteiger partial charge in [0.2, 0.25) is 5.88 Å². The van der Waals surface area contributed by atoms with Crippen molar-refractivity contribution < 1.29 is 4.74 Å². The number of pyridine rings is 1. The normalized spacial score (nSPS) is 9.93. The zero-order valence-corrected chi connectivity index (χ0v) is 8.73. The Morgan fingerprint density at radius 1 is 1.50 bits per heavy atom. The Labute approximate surface area is 84.7 Å². The molecule has 0 fully saturated rings. The van der Waals surface area contributed by atoms with Crippen LogP contribution in [0.15, 0.2) is 18.2 Å². The highest BCUT2D eigenvalue weighted by Gasteiger charge is 2.02. The van der Waals surface area contributed by atoms with Gasteiger partial charge in [-0.05, 0) is 13.0 Å². The SMILES string of the molecule is CCOc1cccc(N(C)CCN)n1. The Balaban J connectivity index is 2.71. The topological polar surface area (TPSA) is 51.4 Å². The van der Waals surface area contributed by atoms with Crippen LogP contribution in [0, 0.1) is 0 Å². The molecule has 1 aromatic rings. The Morgan fingerprint density at radius 2 is 2.29 bits per heavy atom. The van der Waals surface area contributed by atoms with Crippen molar-refractivity contribution >= 4 is 5.82 Å². The highest BCUT2D eigenvalue weighted by atomic mass is 16.5. The van der Waals surface area contributed by atoms with E-state index in [0.717, 1.165) is 12.4 Å². The molecule has 0 saturated heterocycles. The molecule has 4 nitrogen and oxygen atoms in total. The zero-order valence-electron chi connectivity index (χ0n) is 8.73. The highest BCUT2D eigenvalue weighted by molar-refractivity contribution is 5.39. The number of nitrogens with zero attached hydrogens (tertiary/aromatic N) is 2. The Kier molecular flexibility index (Phi) is 4.19. The first-order valence-corrected chi connectivity index (χ1v) is 4.79. The monoisotopic (exact) mass is 195 g/mol. The molecule has 1 rings (SSSR count). The van der Waals surface area contributed by atoms with Gasteiger partial charge in [0.25, 0.3) is 0 Å². The van der Waals surface area contributed by atoms with E-state index in [4.69, 9.17) is 10.5 Å². The molecule has 78 valence electrons. The Bertz CT molecular complexity index is 278. The summed E-state index contributed by atoms with van der Waals surface area (Å²) in [6.45, 7) is 3.99. The van der Waals surface area contributed by atoms with Crippen molar-refractivity contribution in [3.63, 3.8) is 0 Å². The average molecular weight is 195 g/mol. The third-order valence-electron chi connectivity index (χ3n) is 1.86. The summed E-state index contributed by atoms with van der Waals surface area (Å²) in [6.07, 6.45) is 0. The summed E-state index contributed by atoms with van der Waals surface area (Å²) >= 11 is 0. The van der Waals surface area contributed by atoms with Crippen LogP contribution in [0.1, 0.15) is 6.92 Å². The van der Waals surface area contributed by atoms with Crippen molar-refractivity contribution in [3.05, 3.63) is 18.2 Å². The van der Waals surface area contributed by atoms with E-state index in [1.54, 1.807) is 0 Å². The second kappa shape index (κ2) is 5.44. The molecule has 0 aliphatic rings. The Morgan fingerprint density at radius 3 is 2.93 bits per heavy atom. The maximum atomic E-state index is 5.46. The summed E-state index contributed by atoms with van der Waals surface area (Å²) in [5, 5.41) is 0. The van der Waals surface area contributed by atoms with Gasteiger partial charge in [0.1, 0.15) is 5.82 Å². The predicted molar refractivity (Wildman–Crippen MR) is 57.7 cm³/mol. The van der Waals surface area contributed by atoms with Gasteiger partial charge in [0.05, 0.1) is 6.61 Å². The molecule has 0 bridgehead atoms. The second-order valence-electron chi connectivity index (χ2n) is 2.98. The minimum atomic E-state index is 0.622. The van der Waals surface area contributed by atoms with Gasteiger partial charge >= 0.3 is 0 Å². The van der Waals surface area contributed by atoms with Crippen LogP contribution in [0.3, 0.4) is 0 Å². The van der Waals surface area contributed by atoms with Crippen LogP contribution in [0.25, 0.3) is 0 Å². The minimum Gasteiger partial charge on any atom is -0.478 e. The van der Waals surface area contributed by atoms with Gasteiger partial charge in [-0.2, -0.15) is 4.98 Å². The summed E-state index contributed by atoms with van der Waals surface area (Å²) in [5.41, 5.74) is 5.46. The molecule has 0 radical (unpaired) electrons. The van der Waals surface area contributed by atoms with Crippen molar-refractivity contribution in [1.29, 1.82) is 0 Å². The lowest BCUT2D eigenvalue weighted by molar-refractivity contribution is 0.327. The van der Waals surface area contributed by atoms with E-state index < -0.39 is 0 Å². The number of likely N-dealkylation sites (N-methyl/N-ethyl adjacent to an activating group) is 1. The molecule has 2 N–H and O–H groups in total. The molecule has 0 unspecified atom stereocenters. The molecule has 1 heterocycles. The second-order valence-corrected chi connectivity index (χ2v) is 2.98. The lowest BCUT2D eigenvalue weighted by Crippen LogP contribution is -2.25. The van der Waals surface area contributed by atoms with E-state index in [9.17, 15) is 0 Å². The fourth-order valence-corrected chi connectivity index (χ4v) is 1.15. The first-order chi connectivity index (χ1) is 6.77. The van der Waals surface area contributed by atoms with Crippen LogP contribution in [-0.4, -0.2) is 31.7 Å². The van der Waals surface area contributed by atoms with E-state index in [-0.39, 0.29) is 0 Å². The first-order valence-electron chi connectivity index (χ1n) is 4.79. The fourth-order valence-electron chi connectivity index (χ4n) is 1.15. The molecule has 4 heteroatoms. The highest BCUT2D eigenvalue weighted by Crippen LogP contribution is 2.13. The van der Waals surface area contributed by atoms with Gasteiger partial charge in [0.15, 0.2) is 0 Å². The van der Waals surface area contributed by atoms with Crippen molar-refractivity contribution in [3.8, 4) is 5.88 Å². The Hall–Kier alpha value is -1.29. The number of hydrogen-bond donors (Lipinski definition) is 1. The third-order valence-corrected chi connectivity index (χ3v) is 1.86. The quantitative estimate of drug-likeness (QED) is 0.757. The zero-order chi connectivity index (χ0) is 10.4. The van der Waals surface area contributed by atoms with E-state index in [1.807, 2.05) is 37.1 Å². The number of aromatic nitrogens is 1. The van der Waals surface area contributed by atoms with Gasteiger partial charge in [-0.25, -0.2) is 0 Å². The van der Waals surface area contributed by atoms with Gasteiger partial charge in [0, 0.05) is 26.2 Å². The van der Waals surface area contributed by atoms with Crippen molar-refractivity contribution in [2.45, 2.75) is 6.92 Å². The van der Waals surface area contributed by atoms with Gasteiger partial charge in [-0.15, -0.1) is 0 Å². The molecular weight excluding hydrogens is 178 g/mol. The summed E-state index contributed by atoms with van der Waals surface area (Å²) in [4.78, 5) is 6.33. The van der Waals surface area contributed by atoms with Crippen LogP contribution in [-0.2, 0) is 0 Å². The fraction of sp³-hybridized carbons (Fsp3) is 0.500. The predicted octanol–water partition coefficient (Wildman–Crippen LogP) is 0.875. The smallest absolute Gasteiger partial charge is 0.215 e. The van der Waals surface area contributed by atoms with Crippen molar-refractivity contribution in [1.82, 2.24) is 4.98 Å². The molecule has 0 aliphatic carbocycles. The number of hydrogen-bond acceptors (Lipinski definition) is 4. The summed E-state index contributed by atoms with van der Waals surface area (Å²) in [6, 6.07) is 5.72. The molecule has 0 spiro atoms. The number of anilines is 1. The van der Waals surface area contributed by atoms with E-state index in [1.165, 1.54) is 0 Å². The lowest BCUT2D eigenvalue weighted by atomic mass is 10.4. The summed E-state index contributed by atoms with van der Waals surface area (Å²) in [7, 11) is 1.96. The van der Waals surface area contributed by atoms with Gasteiger partial charge in [-0.1, -0.05) is 6.07 Å². The molecule has 14 heavy (non-hydrogen) atoms. The van der Waals surface area contributed by atoms with E-state index in [2.05, 4.69) is 4.98 Å². The third kappa shape index (κ3) is 2.88. The number of nitrogens with two attached hydrogens (primary N) is 1. The largest absolute Gasteiger partial charge is 0.478 e. The molecular formula is C10H17N3O. The molecule has 0 atom stereocenters. The van der Waals surface area contributed by atoms with E-state index in [0.29, 0.717) is 19.0 Å². The lowest BCUT2D eigenvalue weighted by Gasteiger charge is -2.17. The van der Waals surface area contributed by atoms with Crippen LogP contribution in [0.5, 0.6) is 5.88 Å². The van der Waals surface area contributed by atoms with Crippen LogP contribution in [0.2, 0.25) is 0 Å². The maximum absolute atomic E-state index is 5.46. The number of rotatable bonds is 5. The van der Waals surface area contributed by atoms with Crippen molar-refractivity contribution in [2.75, 3.05) is 31.6 Å². The van der Waals surface area contributed by atoms with Gasteiger partial charge in [-0.3, -0.25) is 0 Å². The van der Waals surface area contributed by atoms with E-state index >= 15 is 0 Å². The maximum Gasteiger partial charge on any atom is 0.215 e. The van der Waals surface area contributed by atoms with Crippen LogP contribution in [0.4, 0.5) is 5.82 Å².